The lowest BCUT2D eigenvalue weighted by Gasteiger charge is -2.47. The molecule has 0 saturated carbocycles. The molecule has 0 heteroatoms. The first-order valence-corrected chi connectivity index (χ1v) is 5.64. The van der Waals surface area contributed by atoms with Gasteiger partial charge in [-0.15, -0.1) is 0 Å². The molecule has 0 spiro atoms. The second-order valence-electron chi connectivity index (χ2n) is 5.35. The molecule has 0 nitrogen and oxygen atoms in total. The summed E-state index contributed by atoms with van der Waals surface area (Å²) < 4.78 is 0. The van der Waals surface area contributed by atoms with E-state index in [0.717, 1.165) is 5.92 Å². The van der Waals surface area contributed by atoms with Crippen LogP contribution < -0.4 is 0 Å². The maximum atomic E-state index is 4.19. The average molecular weight is 192 g/mol. The molecule has 0 aliphatic heterocycles. The molecule has 0 fully saturated rings. The lowest BCUT2D eigenvalue weighted by Crippen LogP contribution is -2.37. The molecule has 0 aromatic rings. The Morgan fingerprint density at radius 2 is 1.86 bits per heavy atom. The molecule has 0 N–H and O–H groups in total. The number of rotatable bonds is 1. The Balaban J connectivity index is 3.18. The van der Waals surface area contributed by atoms with Crippen LogP contribution in [0.15, 0.2) is 23.3 Å². The van der Waals surface area contributed by atoms with Gasteiger partial charge in [-0.1, -0.05) is 44.1 Å². The second-order valence-corrected chi connectivity index (χ2v) is 5.35. The highest BCUT2D eigenvalue weighted by Crippen LogP contribution is 2.51. The highest BCUT2D eigenvalue weighted by atomic mass is 14.5. The van der Waals surface area contributed by atoms with E-state index in [4.69, 9.17) is 0 Å². The summed E-state index contributed by atoms with van der Waals surface area (Å²) in [6, 6.07) is 0. The van der Waals surface area contributed by atoms with E-state index in [1.165, 1.54) is 12.0 Å². The first-order valence-electron chi connectivity index (χ1n) is 5.64. The van der Waals surface area contributed by atoms with Crippen LogP contribution in [-0.2, 0) is 0 Å². The third kappa shape index (κ3) is 1.45. The minimum atomic E-state index is 0.295. The smallest absolute Gasteiger partial charge is 0.00305 e. The minimum Gasteiger partial charge on any atom is -0.0996 e. The standard InChI is InChI=1S/C14H24/c1-9(2)14(7)11(4)8-10(3)12(5)13(14)6/h11,13H,1,8H2,2-7H3/t11?,13-,14?/m1/s1. The first-order chi connectivity index (χ1) is 6.31. The van der Waals surface area contributed by atoms with Crippen LogP contribution in [0.3, 0.4) is 0 Å². The second kappa shape index (κ2) is 3.56. The summed E-state index contributed by atoms with van der Waals surface area (Å²) in [7, 11) is 0. The minimum absolute atomic E-state index is 0.295. The van der Waals surface area contributed by atoms with Gasteiger partial charge in [0.2, 0.25) is 0 Å². The molecule has 3 atom stereocenters. The Labute approximate surface area is 89.1 Å². The van der Waals surface area contributed by atoms with Crippen LogP contribution in [0.4, 0.5) is 0 Å². The Hall–Kier alpha value is -0.520. The van der Waals surface area contributed by atoms with Crippen molar-refractivity contribution in [1.29, 1.82) is 0 Å². The van der Waals surface area contributed by atoms with Crippen molar-refractivity contribution in [1.82, 2.24) is 0 Å². The quantitative estimate of drug-likeness (QED) is 0.533. The molecule has 2 unspecified atom stereocenters. The summed E-state index contributed by atoms with van der Waals surface area (Å²) in [5, 5.41) is 0. The van der Waals surface area contributed by atoms with Crippen molar-refractivity contribution >= 4 is 0 Å². The summed E-state index contributed by atoms with van der Waals surface area (Å²) in [5.74, 6) is 1.36. The number of hydrogen-bond acceptors (Lipinski definition) is 0. The van der Waals surface area contributed by atoms with Gasteiger partial charge in [-0.05, 0) is 44.4 Å². The molecule has 0 bridgehead atoms. The number of allylic oxidation sites excluding steroid dienone is 3. The largest absolute Gasteiger partial charge is 0.0996 e. The monoisotopic (exact) mass is 192 g/mol. The molecule has 0 aromatic heterocycles. The van der Waals surface area contributed by atoms with Gasteiger partial charge in [0.15, 0.2) is 0 Å². The SMILES string of the molecule is C=C(C)C1(C)C(C)CC(C)=C(C)[C@H]1C. The fourth-order valence-corrected chi connectivity index (χ4v) is 2.87. The van der Waals surface area contributed by atoms with Gasteiger partial charge < -0.3 is 0 Å². The van der Waals surface area contributed by atoms with E-state index in [1.54, 1.807) is 11.1 Å². The Morgan fingerprint density at radius 3 is 2.29 bits per heavy atom. The zero-order chi connectivity index (χ0) is 11.1. The topological polar surface area (TPSA) is 0 Å². The Kier molecular flexibility index (Phi) is 2.94. The van der Waals surface area contributed by atoms with E-state index >= 15 is 0 Å². The zero-order valence-electron chi connectivity index (χ0n) is 10.6. The number of hydrogen-bond donors (Lipinski definition) is 0. The maximum absolute atomic E-state index is 4.19. The van der Waals surface area contributed by atoms with Crippen molar-refractivity contribution in [3.05, 3.63) is 23.3 Å². The van der Waals surface area contributed by atoms with E-state index in [1.807, 2.05) is 0 Å². The zero-order valence-corrected chi connectivity index (χ0v) is 10.6. The molecule has 1 aliphatic rings. The molecule has 0 amide bonds. The first kappa shape index (κ1) is 11.6. The van der Waals surface area contributed by atoms with Crippen molar-refractivity contribution in [2.75, 3.05) is 0 Å². The Bertz CT molecular complexity index is 282. The van der Waals surface area contributed by atoms with Crippen LogP contribution >= 0.6 is 0 Å². The summed E-state index contributed by atoms with van der Waals surface area (Å²) in [4.78, 5) is 0. The molecule has 1 aliphatic carbocycles. The van der Waals surface area contributed by atoms with Crippen LogP contribution in [-0.4, -0.2) is 0 Å². The molecular weight excluding hydrogens is 168 g/mol. The van der Waals surface area contributed by atoms with E-state index in [0.29, 0.717) is 11.3 Å². The van der Waals surface area contributed by atoms with E-state index in [9.17, 15) is 0 Å². The maximum Gasteiger partial charge on any atom is -0.00305 e. The lowest BCUT2D eigenvalue weighted by atomic mass is 9.58. The van der Waals surface area contributed by atoms with E-state index in [2.05, 4.69) is 48.1 Å². The van der Waals surface area contributed by atoms with Gasteiger partial charge in [0.1, 0.15) is 0 Å². The van der Waals surface area contributed by atoms with Crippen LogP contribution in [0, 0.1) is 17.3 Å². The normalized spacial score (nSPS) is 38.7. The van der Waals surface area contributed by atoms with Crippen molar-refractivity contribution < 1.29 is 0 Å². The van der Waals surface area contributed by atoms with Gasteiger partial charge >= 0.3 is 0 Å². The predicted octanol–water partition coefficient (Wildman–Crippen LogP) is 4.58. The van der Waals surface area contributed by atoms with Gasteiger partial charge in [0.25, 0.3) is 0 Å². The van der Waals surface area contributed by atoms with Gasteiger partial charge in [-0.3, -0.25) is 0 Å². The lowest BCUT2D eigenvalue weighted by molar-refractivity contribution is 0.168. The van der Waals surface area contributed by atoms with E-state index < -0.39 is 0 Å². The molecule has 14 heavy (non-hydrogen) atoms. The summed E-state index contributed by atoms with van der Waals surface area (Å²) in [5.41, 5.74) is 4.80. The van der Waals surface area contributed by atoms with Crippen molar-refractivity contribution in [3.8, 4) is 0 Å². The summed E-state index contributed by atoms with van der Waals surface area (Å²) in [6.45, 7) is 18.0. The van der Waals surface area contributed by atoms with Gasteiger partial charge in [-0.2, -0.15) is 0 Å². The molecule has 0 radical (unpaired) electrons. The van der Waals surface area contributed by atoms with Crippen molar-refractivity contribution in [2.45, 2.75) is 48.0 Å². The average Bonchev–Trinajstić information content (AvgIpc) is 2.11. The van der Waals surface area contributed by atoms with Crippen LogP contribution in [0.1, 0.15) is 48.0 Å². The molecule has 0 aromatic carbocycles. The molecule has 80 valence electrons. The summed E-state index contributed by atoms with van der Waals surface area (Å²) in [6.07, 6.45) is 1.24. The van der Waals surface area contributed by atoms with E-state index in [-0.39, 0.29) is 0 Å². The van der Waals surface area contributed by atoms with Gasteiger partial charge in [0.05, 0.1) is 0 Å². The Morgan fingerprint density at radius 1 is 1.36 bits per heavy atom. The molecule has 1 rings (SSSR count). The predicted molar refractivity (Wildman–Crippen MR) is 64.2 cm³/mol. The summed E-state index contributed by atoms with van der Waals surface area (Å²) >= 11 is 0. The fraction of sp³-hybridized carbons (Fsp3) is 0.714. The highest BCUT2D eigenvalue weighted by Gasteiger charge is 2.41. The van der Waals surface area contributed by atoms with Crippen molar-refractivity contribution in [3.63, 3.8) is 0 Å². The third-order valence-electron chi connectivity index (χ3n) is 4.78. The van der Waals surface area contributed by atoms with Crippen molar-refractivity contribution in [2.24, 2.45) is 17.3 Å². The molecule has 0 saturated heterocycles. The van der Waals surface area contributed by atoms with Gasteiger partial charge in [0, 0.05) is 0 Å². The fourth-order valence-electron chi connectivity index (χ4n) is 2.87. The van der Waals surface area contributed by atoms with Crippen LogP contribution in [0.25, 0.3) is 0 Å². The third-order valence-corrected chi connectivity index (χ3v) is 4.78. The highest BCUT2D eigenvalue weighted by molar-refractivity contribution is 5.27. The van der Waals surface area contributed by atoms with Gasteiger partial charge in [-0.25, -0.2) is 0 Å². The van der Waals surface area contributed by atoms with Crippen LogP contribution in [0.2, 0.25) is 0 Å². The van der Waals surface area contributed by atoms with Crippen LogP contribution in [0.5, 0.6) is 0 Å². The molecular formula is C14H24. The molecule has 0 heterocycles.